The van der Waals surface area contributed by atoms with Gasteiger partial charge in [-0.15, -0.1) is 0 Å². The van der Waals surface area contributed by atoms with Crippen molar-refractivity contribution in [2.24, 2.45) is 9.98 Å². The normalized spacial score (nSPS) is 17.6. The van der Waals surface area contributed by atoms with Gasteiger partial charge in [0.2, 0.25) is 5.91 Å². The Labute approximate surface area is 167 Å². The summed E-state index contributed by atoms with van der Waals surface area (Å²) in [6.07, 6.45) is 0. The lowest BCUT2D eigenvalue weighted by molar-refractivity contribution is -0.124. The van der Waals surface area contributed by atoms with Crippen LogP contribution in [0.15, 0.2) is 52.4 Å². The van der Waals surface area contributed by atoms with E-state index in [1.54, 1.807) is 6.92 Å². The number of thioether (sulfide) groups is 1. The van der Waals surface area contributed by atoms with Gasteiger partial charge in [0.15, 0.2) is 5.17 Å². The van der Waals surface area contributed by atoms with Gasteiger partial charge in [-0.25, -0.2) is 9.89 Å². The largest absolute Gasteiger partial charge is 0.325 e. The van der Waals surface area contributed by atoms with Crippen LogP contribution in [0.2, 0.25) is 0 Å². The van der Waals surface area contributed by atoms with Gasteiger partial charge in [-0.05, 0) is 44.5 Å². The van der Waals surface area contributed by atoms with E-state index in [2.05, 4.69) is 15.3 Å². The van der Waals surface area contributed by atoms with Crippen molar-refractivity contribution in [3.8, 4) is 0 Å². The van der Waals surface area contributed by atoms with Crippen LogP contribution in [-0.4, -0.2) is 39.5 Å². The Morgan fingerprint density at radius 1 is 1.21 bits per heavy atom. The van der Waals surface area contributed by atoms with Gasteiger partial charge in [0.1, 0.15) is 11.9 Å². The quantitative estimate of drug-likeness (QED) is 0.866. The number of fused-ring (bicyclic) bond motifs is 3. The molecular formula is C21H20N4O2S. The van der Waals surface area contributed by atoms with E-state index < -0.39 is 6.04 Å². The minimum absolute atomic E-state index is 0.120. The third kappa shape index (κ3) is 3.33. The highest BCUT2D eigenvalue weighted by atomic mass is 32.2. The summed E-state index contributed by atoms with van der Waals surface area (Å²) in [7, 11) is 0. The average molecular weight is 392 g/mol. The molecule has 2 aliphatic heterocycles. The SMILES string of the molecule is Cc1ccc(NC(=O)CSC2=Nc3ccccc3C3=N[C@H](C)C(=O)N23)c(C)c1. The van der Waals surface area contributed by atoms with E-state index in [0.29, 0.717) is 11.0 Å². The predicted octanol–water partition coefficient (Wildman–Crippen LogP) is 3.65. The van der Waals surface area contributed by atoms with Crippen molar-refractivity contribution in [3.05, 3.63) is 59.2 Å². The summed E-state index contributed by atoms with van der Waals surface area (Å²) in [4.78, 5) is 35.7. The van der Waals surface area contributed by atoms with E-state index in [-0.39, 0.29) is 17.6 Å². The summed E-state index contributed by atoms with van der Waals surface area (Å²) in [6, 6.07) is 13.0. The number of hydrogen-bond donors (Lipinski definition) is 1. The van der Waals surface area contributed by atoms with E-state index >= 15 is 0 Å². The molecule has 0 spiro atoms. The van der Waals surface area contributed by atoms with Crippen molar-refractivity contribution in [3.63, 3.8) is 0 Å². The fourth-order valence-electron chi connectivity index (χ4n) is 3.24. The van der Waals surface area contributed by atoms with Crippen LogP contribution in [0.3, 0.4) is 0 Å². The number of aliphatic imine (C=N–C) groups is 2. The maximum absolute atomic E-state index is 12.6. The first-order valence-corrected chi connectivity index (χ1v) is 10.0. The molecule has 2 aliphatic rings. The van der Waals surface area contributed by atoms with Crippen LogP contribution >= 0.6 is 11.8 Å². The monoisotopic (exact) mass is 392 g/mol. The van der Waals surface area contributed by atoms with Gasteiger partial charge >= 0.3 is 0 Å². The lowest BCUT2D eigenvalue weighted by Gasteiger charge is -2.25. The van der Waals surface area contributed by atoms with Crippen molar-refractivity contribution >= 4 is 46.0 Å². The van der Waals surface area contributed by atoms with E-state index in [1.165, 1.54) is 16.7 Å². The molecule has 2 aromatic carbocycles. The first-order chi connectivity index (χ1) is 13.4. The van der Waals surface area contributed by atoms with Crippen molar-refractivity contribution in [2.75, 3.05) is 11.1 Å². The first kappa shape index (κ1) is 18.4. The van der Waals surface area contributed by atoms with E-state index in [1.807, 2.05) is 56.3 Å². The average Bonchev–Trinajstić information content (AvgIpc) is 2.97. The number of amidine groups is 2. The number of nitrogens with zero attached hydrogens (tertiary/aromatic N) is 3. The number of nitrogens with one attached hydrogen (secondary N) is 1. The summed E-state index contributed by atoms with van der Waals surface area (Å²) >= 11 is 1.24. The lowest BCUT2D eigenvalue weighted by atomic mass is 10.1. The van der Waals surface area contributed by atoms with Crippen LogP contribution < -0.4 is 5.32 Å². The number of rotatable bonds is 3. The number of carbonyl (C=O) groups excluding carboxylic acids is 2. The lowest BCUT2D eigenvalue weighted by Crippen LogP contribution is -2.41. The Morgan fingerprint density at radius 3 is 2.79 bits per heavy atom. The second-order valence-electron chi connectivity index (χ2n) is 6.87. The van der Waals surface area contributed by atoms with E-state index in [9.17, 15) is 9.59 Å². The number of anilines is 1. The van der Waals surface area contributed by atoms with Crippen molar-refractivity contribution in [1.82, 2.24) is 4.90 Å². The highest BCUT2D eigenvalue weighted by Gasteiger charge is 2.39. The Kier molecular flexibility index (Phi) is 4.77. The first-order valence-electron chi connectivity index (χ1n) is 9.04. The number of benzene rings is 2. The summed E-state index contributed by atoms with van der Waals surface area (Å²) in [5.74, 6) is 0.502. The van der Waals surface area contributed by atoms with Crippen LogP contribution in [0.25, 0.3) is 0 Å². The van der Waals surface area contributed by atoms with Gasteiger partial charge in [0.25, 0.3) is 5.91 Å². The second-order valence-corrected chi connectivity index (χ2v) is 7.81. The molecule has 4 rings (SSSR count). The molecule has 0 unspecified atom stereocenters. The Bertz CT molecular complexity index is 1040. The van der Waals surface area contributed by atoms with Gasteiger partial charge in [0.05, 0.1) is 11.4 Å². The Hall–Kier alpha value is -2.93. The Morgan fingerprint density at radius 2 is 2.00 bits per heavy atom. The number of hydrogen-bond acceptors (Lipinski definition) is 5. The molecule has 0 aromatic heterocycles. The smallest absolute Gasteiger partial charge is 0.258 e. The van der Waals surface area contributed by atoms with Crippen LogP contribution in [0.1, 0.15) is 23.6 Å². The topological polar surface area (TPSA) is 74.1 Å². The molecule has 142 valence electrons. The van der Waals surface area contributed by atoms with Gasteiger partial charge < -0.3 is 5.32 Å². The molecule has 1 N–H and O–H groups in total. The van der Waals surface area contributed by atoms with E-state index in [0.717, 1.165) is 28.1 Å². The molecule has 2 aromatic rings. The van der Waals surface area contributed by atoms with Gasteiger partial charge in [0, 0.05) is 11.3 Å². The maximum atomic E-state index is 12.6. The maximum Gasteiger partial charge on any atom is 0.258 e. The fourth-order valence-corrected chi connectivity index (χ4v) is 4.04. The molecule has 0 bridgehead atoms. The minimum atomic E-state index is -0.448. The summed E-state index contributed by atoms with van der Waals surface area (Å²) in [5.41, 5.74) is 4.55. The molecule has 0 aliphatic carbocycles. The highest BCUT2D eigenvalue weighted by molar-refractivity contribution is 8.14. The molecular weight excluding hydrogens is 372 g/mol. The Balaban J connectivity index is 1.53. The molecule has 2 heterocycles. The third-order valence-corrected chi connectivity index (χ3v) is 5.58. The zero-order valence-electron chi connectivity index (χ0n) is 15.9. The van der Waals surface area contributed by atoms with Gasteiger partial charge in [-0.2, -0.15) is 0 Å². The zero-order valence-corrected chi connectivity index (χ0v) is 16.7. The number of para-hydroxylation sites is 1. The summed E-state index contributed by atoms with van der Waals surface area (Å²) in [6.45, 7) is 5.75. The van der Waals surface area contributed by atoms with Gasteiger partial charge in [-0.1, -0.05) is 41.6 Å². The number of aryl methyl sites for hydroxylation is 2. The zero-order chi connectivity index (χ0) is 19.8. The molecule has 0 radical (unpaired) electrons. The predicted molar refractivity (Wildman–Crippen MR) is 113 cm³/mol. The molecule has 0 fully saturated rings. The van der Waals surface area contributed by atoms with E-state index in [4.69, 9.17) is 0 Å². The van der Waals surface area contributed by atoms with Crippen LogP contribution in [0.4, 0.5) is 11.4 Å². The standard InChI is InChI=1S/C21H20N4O2S/c1-12-8-9-16(13(2)10-12)23-18(26)11-28-21-24-17-7-5-4-6-15(17)19-22-14(3)20(27)25(19)21/h4-10,14H,11H2,1-3H3,(H,23,26)/t14-/m1/s1. The molecule has 7 heteroatoms. The molecule has 0 saturated carbocycles. The van der Waals surface area contributed by atoms with Crippen LogP contribution in [0.5, 0.6) is 0 Å². The van der Waals surface area contributed by atoms with Crippen molar-refractivity contribution in [1.29, 1.82) is 0 Å². The molecule has 6 nitrogen and oxygen atoms in total. The summed E-state index contributed by atoms with van der Waals surface area (Å²) in [5, 5.41) is 3.42. The highest BCUT2D eigenvalue weighted by Crippen LogP contribution is 2.33. The third-order valence-electron chi connectivity index (χ3n) is 4.65. The van der Waals surface area contributed by atoms with Crippen LogP contribution in [-0.2, 0) is 9.59 Å². The van der Waals surface area contributed by atoms with Gasteiger partial charge in [-0.3, -0.25) is 14.6 Å². The molecule has 0 saturated heterocycles. The molecule has 28 heavy (non-hydrogen) atoms. The second kappa shape index (κ2) is 7.24. The van der Waals surface area contributed by atoms with Crippen molar-refractivity contribution in [2.45, 2.75) is 26.8 Å². The van der Waals surface area contributed by atoms with Crippen LogP contribution in [0, 0.1) is 13.8 Å². The minimum Gasteiger partial charge on any atom is -0.325 e. The number of carbonyl (C=O) groups is 2. The molecule has 1 atom stereocenters. The number of amides is 2. The summed E-state index contributed by atoms with van der Waals surface area (Å²) < 4.78 is 0. The van der Waals surface area contributed by atoms with Crippen molar-refractivity contribution < 1.29 is 9.59 Å². The fraction of sp³-hybridized carbons (Fsp3) is 0.238. The molecule has 2 amide bonds.